The van der Waals surface area contributed by atoms with Gasteiger partial charge in [0.15, 0.2) is 0 Å². The molecule has 0 heterocycles. The number of benzene rings is 1. The fourth-order valence-electron chi connectivity index (χ4n) is 2.07. The Morgan fingerprint density at radius 1 is 0.950 bits per heavy atom. The SMILES string of the molecule is CCCCCCCCCCOC(=O)c1ccc(Br)cc1. The molecule has 3 heteroatoms. The maximum atomic E-state index is 11.7. The largest absolute Gasteiger partial charge is 0.462 e. The van der Waals surface area contributed by atoms with E-state index in [2.05, 4.69) is 22.9 Å². The van der Waals surface area contributed by atoms with Crippen LogP contribution in [0.1, 0.15) is 68.6 Å². The van der Waals surface area contributed by atoms with Crippen molar-refractivity contribution in [2.24, 2.45) is 0 Å². The smallest absolute Gasteiger partial charge is 0.338 e. The Morgan fingerprint density at radius 3 is 2.10 bits per heavy atom. The van der Waals surface area contributed by atoms with Gasteiger partial charge in [0.05, 0.1) is 12.2 Å². The molecule has 0 aliphatic carbocycles. The summed E-state index contributed by atoms with van der Waals surface area (Å²) in [7, 11) is 0. The van der Waals surface area contributed by atoms with E-state index in [1.807, 2.05) is 12.1 Å². The Balaban J connectivity index is 2.01. The summed E-state index contributed by atoms with van der Waals surface area (Å²) in [6, 6.07) is 7.26. The van der Waals surface area contributed by atoms with Crippen molar-refractivity contribution >= 4 is 21.9 Å². The number of hydrogen-bond acceptors (Lipinski definition) is 2. The molecule has 2 nitrogen and oxygen atoms in total. The zero-order valence-corrected chi connectivity index (χ0v) is 14.0. The van der Waals surface area contributed by atoms with Gasteiger partial charge < -0.3 is 4.74 Å². The number of rotatable bonds is 10. The molecular weight excluding hydrogens is 316 g/mol. The van der Waals surface area contributed by atoms with Gasteiger partial charge in [-0.3, -0.25) is 0 Å². The van der Waals surface area contributed by atoms with E-state index >= 15 is 0 Å². The normalized spacial score (nSPS) is 10.5. The summed E-state index contributed by atoms with van der Waals surface area (Å²) in [5.74, 6) is -0.222. The van der Waals surface area contributed by atoms with Crippen LogP contribution in [0.2, 0.25) is 0 Å². The summed E-state index contributed by atoms with van der Waals surface area (Å²) < 4.78 is 6.23. The number of unbranched alkanes of at least 4 members (excludes halogenated alkanes) is 7. The molecule has 0 unspecified atom stereocenters. The minimum atomic E-state index is -0.222. The van der Waals surface area contributed by atoms with Crippen LogP contribution in [-0.4, -0.2) is 12.6 Å². The van der Waals surface area contributed by atoms with Gasteiger partial charge in [-0.05, 0) is 30.7 Å². The van der Waals surface area contributed by atoms with Crippen LogP contribution in [0.4, 0.5) is 0 Å². The van der Waals surface area contributed by atoms with Crippen molar-refractivity contribution in [3.8, 4) is 0 Å². The first-order valence-corrected chi connectivity index (χ1v) is 8.46. The summed E-state index contributed by atoms with van der Waals surface area (Å²) in [4.78, 5) is 11.7. The molecule has 1 aromatic rings. The first kappa shape index (κ1) is 17.2. The van der Waals surface area contributed by atoms with Crippen molar-refractivity contribution in [2.45, 2.75) is 58.3 Å². The average molecular weight is 341 g/mol. The molecule has 0 N–H and O–H groups in total. The Bertz CT molecular complexity index is 373. The highest BCUT2D eigenvalue weighted by atomic mass is 79.9. The first-order chi connectivity index (χ1) is 9.74. The highest BCUT2D eigenvalue weighted by Crippen LogP contribution is 2.12. The van der Waals surface area contributed by atoms with Crippen LogP contribution in [0.5, 0.6) is 0 Å². The van der Waals surface area contributed by atoms with Crippen LogP contribution >= 0.6 is 15.9 Å². The van der Waals surface area contributed by atoms with Gasteiger partial charge in [0, 0.05) is 4.47 Å². The molecule has 0 saturated carbocycles. The maximum Gasteiger partial charge on any atom is 0.338 e. The summed E-state index contributed by atoms with van der Waals surface area (Å²) in [6.45, 7) is 2.77. The molecule has 0 aliphatic rings. The second-order valence-electron chi connectivity index (χ2n) is 5.12. The molecule has 0 saturated heterocycles. The first-order valence-electron chi connectivity index (χ1n) is 7.66. The highest BCUT2D eigenvalue weighted by Gasteiger charge is 2.05. The predicted molar refractivity (Wildman–Crippen MR) is 87.0 cm³/mol. The van der Waals surface area contributed by atoms with E-state index in [-0.39, 0.29) is 5.97 Å². The monoisotopic (exact) mass is 340 g/mol. The molecule has 0 bridgehead atoms. The molecule has 112 valence electrons. The fraction of sp³-hybridized carbons (Fsp3) is 0.588. The highest BCUT2D eigenvalue weighted by molar-refractivity contribution is 9.10. The van der Waals surface area contributed by atoms with Crippen LogP contribution in [0.25, 0.3) is 0 Å². The van der Waals surface area contributed by atoms with E-state index in [0.717, 1.165) is 17.3 Å². The Hall–Kier alpha value is -0.830. The maximum absolute atomic E-state index is 11.7. The summed E-state index contributed by atoms with van der Waals surface area (Å²) in [5, 5.41) is 0. The molecule has 0 radical (unpaired) electrons. The summed E-state index contributed by atoms with van der Waals surface area (Å²) in [5.41, 5.74) is 0.618. The van der Waals surface area contributed by atoms with Gasteiger partial charge in [-0.15, -0.1) is 0 Å². The van der Waals surface area contributed by atoms with E-state index in [4.69, 9.17) is 4.74 Å². The number of carbonyl (C=O) groups is 1. The molecule has 1 rings (SSSR count). The minimum absolute atomic E-state index is 0.222. The van der Waals surface area contributed by atoms with Crippen molar-refractivity contribution in [2.75, 3.05) is 6.61 Å². The number of hydrogen-bond donors (Lipinski definition) is 0. The van der Waals surface area contributed by atoms with Crippen LogP contribution in [0.3, 0.4) is 0 Å². The predicted octanol–water partition coefficient (Wildman–Crippen LogP) is 5.75. The zero-order valence-electron chi connectivity index (χ0n) is 12.4. The van der Waals surface area contributed by atoms with Gasteiger partial charge in [0.1, 0.15) is 0 Å². The van der Waals surface area contributed by atoms with E-state index in [0.29, 0.717) is 12.2 Å². The third-order valence-electron chi connectivity index (χ3n) is 3.31. The molecule has 0 fully saturated rings. The Labute approximate surface area is 131 Å². The van der Waals surface area contributed by atoms with Gasteiger partial charge in [0.25, 0.3) is 0 Å². The lowest BCUT2D eigenvalue weighted by molar-refractivity contribution is 0.0497. The lowest BCUT2D eigenvalue weighted by Crippen LogP contribution is -2.06. The molecule has 20 heavy (non-hydrogen) atoms. The van der Waals surface area contributed by atoms with Gasteiger partial charge in [-0.1, -0.05) is 67.8 Å². The van der Waals surface area contributed by atoms with Crippen molar-refractivity contribution < 1.29 is 9.53 Å². The van der Waals surface area contributed by atoms with Crippen molar-refractivity contribution in [1.82, 2.24) is 0 Å². The van der Waals surface area contributed by atoms with E-state index in [9.17, 15) is 4.79 Å². The second kappa shape index (κ2) is 10.9. The van der Waals surface area contributed by atoms with E-state index in [1.54, 1.807) is 12.1 Å². The zero-order chi connectivity index (χ0) is 14.6. The number of carbonyl (C=O) groups excluding carboxylic acids is 1. The van der Waals surface area contributed by atoms with E-state index in [1.165, 1.54) is 38.5 Å². The van der Waals surface area contributed by atoms with Crippen LogP contribution in [0.15, 0.2) is 28.7 Å². The second-order valence-corrected chi connectivity index (χ2v) is 6.03. The third-order valence-corrected chi connectivity index (χ3v) is 3.84. The standard InChI is InChI=1S/C17H25BrO2/c1-2-3-4-5-6-7-8-9-14-20-17(19)15-10-12-16(18)13-11-15/h10-13H,2-9,14H2,1H3. The van der Waals surface area contributed by atoms with Crippen molar-refractivity contribution in [3.05, 3.63) is 34.3 Å². The van der Waals surface area contributed by atoms with Gasteiger partial charge in [-0.2, -0.15) is 0 Å². The van der Waals surface area contributed by atoms with Crippen molar-refractivity contribution in [1.29, 1.82) is 0 Å². The molecule has 0 spiro atoms. The molecule has 1 aromatic carbocycles. The topological polar surface area (TPSA) is 26.3 Å². The van der Waals surface area contributed by atoms with Gasteiger partial charge in [0.2, 0.25) is 0 Å². The van der Waals surface area contributed by atoms with E-state index < -0.39 is 0 Å². The lowest BCUT2D eigenvalue weighted by atomic mass is 10.1. The number of halogens is 1. The third kappa shape index (κ3) is 7.68. The summed E-state index contributed by atoms with van der Waals surface area (Å²) in [6.07, 6.45) is 10.0. The fourth-order valence-corrected chi connectivity index (χ4v) is 2.33. The minimum Gasteiger partial charge on any atom is -0.462 e. The molecule has 0 atom stereocenters. The Morgan fingerprint density at radius 2 is 1.50 bits per heavy atom. The van der Waals surface area contributed by atoms with Crippen molar-refractivity contribution in [3.63, 3.8) is 0 Å². The molecule has 0 aliphatic heterocycles. The number of ether oxygens (including phenoxy) is 1. The lowest BCUT2D eigenvalue weighted by Gasteiger charge is -2.05. The van der Waals surface area contributed by atoms with Crippen LogP contribution in [0, 0.1) is 0 Å². The Kier molecular flexibility index (Phi) is 9.38. The van der Waals surface area contributed by atoms with Gasteiger partial charge >= 0.3 is 5.97 Å². The quantitative estimate of drug-likeness (QED) is 0.400. The number of esters is 1. The van der Waals surface area contributed by atoms with Crippen LogP contribution < -0.4 is 0 Å². The average Bonchev–Trinajstić information content (AvgIpc) is 2.46. The summed E-state index contributed by atoms with van der Waals surface area (Å²) >= 11 is 3.35. The van der Waals surface area contributed by atoms with Crippen LogP contribution in [-0.2, 0) is 4.74 Å². The molecule has 0 aromatic heterocycles. The molecule has 0 amide bonds. The van der Waals surface area contributed by atoms with Gasteiger partial charge in [-0.25, -0.2) is 4.79 Å². The molecular formula is C17H25BrO2.